The molecule has 3 aromatic heterocycles. The molecule has 2 aromatic carbocycles. The Hall–Kier alpha value is -4.39. The molecule has 7 heteroatoms. The van der Waals surface area contributed by atoms with E-state index < -0.39 is 0 Å². The molecule has 0 unspecified atom stereocenters. The van der Waals surface area contributed by atoms with Crippen LogP contribution in [0, 0.1) is 5.82 Å². The van der Waals surface area contributed by atoms with Crippen LogP contribution in [-0.4, -0.2) is 25.7 Å². The van der Waals surface area contributed by atoms with Crippen molar-refractivity contribution in [1.82, 2.24) is 25.1 Å². The summed E-state index contributed by atoms with van der Waals surface area (Å²) in [7, 11) is 0. The third-order valence-electron chi connectivity index (χ3n) is 5.32. The molecule has 0 aliphatic rings. The van der Waals surface area contributed by atoms with Crippen LogP contribution < -0.4 is 5.32 Å². The van der Waals surface area contributed by atoms with E-state index in [1.165, 1.54) is 12.1 Å². The smallest absolute Gasteiger partial charge is 0.252 e. The number of aromatic nitrogens is 4. The minimum atomic E-state index is -0.308. The van der Waals surface area contributed by atoms with Crippen molar-refractivity contribution in [2.75, 3.05) is 0 Å². The summed E-state index contributed by atoms with van der Waals surface area (Å²) < 4.78 is 15.4. The number of nitrogens with one attached hydrogen (secondary N) is 1. The van der Waals surface area contributed by atoms with Gasteiger partial charge >= 0.3 is 0 Å². The second-order valence-electron chi connectivity index (χ2n) is 7.63. The van der Waals surface area contributed by atoms with E-state index in [0.29, 0.717) is 35.4 Å². The van der Waals surface area contributed by atoms with Gasteiger partial charge in [0, 0.05) is 24.5 Å². The van der Waals surface area contributed by atoms with Gasteiger partial charge in [-0.25, -0.2) is 14.1 Å². The first kappa shape index (κ1) is 20.5. The van der Waals surface area contributed by atoms with Crippen molar-refractivity contribution in [1.29, 1.82) is 0 Å². The number of benzene rings is 2. The molecule has 0 saturated heterocycles. The number of halogens is 1. The van der Waals surface area contributed by atoms with E-state index in [0.717, 1.165) is 16.7 Å². The van der Waals surface area contributed by atoms with Crippen LogP contribution in [0.15, 0.2) is 91.4 Å². The van der Waals surface area contributed by atoms with Crippen molar-refractivity contribution in [3.05, 3.63) is 114 Å². The first-order chi connectivity index (χ1) is 16.2. The van der Waals surface area contributed by atoms with E-state index in [1.807, 2.05) is 48.5 Å². The minimum absolute atomic E-state index is 0.228. The van der Waals surface area contributed by atoms with Crippen molar-refractivity contribution in [2.45, 2.75) is 13.1 Å². The molecule has 0 atom stereocenters. The number of fused-ring (bicyclic) bond motifs is 1. The molecule has 5 rings (SSSR count). The number of hydrogen-bond acceptors (Lipinski definition) is 4. The van der Waals surface area contributed by atoms with Crippen LogP contribution in [0.4, 0.5) is 4.39 Å². The van der Waals surface area contributed by atoms with Crippen LogP contribution in [0.1, 0.15) is 21.5 Å². The van der Waals surface area contributed by atoms with Gasteiger partial charge in [0.1, 0.15) is 5.82 Å². The second-order valence-corrected chi connectivity index (χ2v) is 7.63. The van der Waals surface area contributed by atoms with Crippen molar-refractivity contribution in [3.63, 3.8) is 0 Å². The lowest BCUT2D eigenvalue weighted by Crippen LogP contribution is -2.23. The third kappa shape index (κ3) is 4.48. The molecule has 3 heterocycles. The topological polar surface area (TPSA) is 72.7 Å². The van der Waals surface area contributed by atoms with Crippen LogP contribution in [0.3, 0.4) is 0 Å². The van der Waals surface area contributed by atoms with Gasteiger partial charge in [0.15, 0.2) is 5.65 Å². The fourth-order valence-electron chi connectivity index (χ4n) is 3.70. The summed E-state index contributed by atoms with van der Waals surface area (Å²) in [4.78, 5) is 22.1. The van der Waals surface area contributed by atoms with Gasteiger partial charge in [-0.15, -0.1) is 0 Å². The Bertz CT molecular complexity index is 1420. The lowest BCUT2D eigenvalue weighted by atomic mass is 10.1. The van der Waals surface area contributed by atoms with E-state index in [4.69, 9.17) is 4.98 Å². The monoisotopic (exact) mass is 437 g/mol. The lowest BCUT2D eigenvalue weighted by molar-refractivity contribution is 0.0952. The molecule has 1 amide bonds. The molecule has 1 N–H and O–H groups in total. The van der Waals surface area contributed by atoms with E-state index in [9.17, 15) is 9.18 Å². The summed E-state index contributed by atoms with van der Waals surface area (Å²) in [5.41, 5.74) is 4.26. The van der Waals surface area contributed by atoms with E-state index in [1.54, 1.807) is 35.4 Å². The van der Waals surface area contributed by atoms with Gasteiger partial charge < -0.3 is 5.32 Å². The SMILES string of the molecule is O=C(NCc1cccnc1)c1cc(-c2ccccc2)nc2c1cnn2Cc1cccc(F)c1. The molecule has 0 radical (unpaired) electrons. The highest BCUT2D eigenvalue weighted by atomic mass is 19.1. The molecule has 0 aliphatic carbocycles. The van der Waals surface area contributed by atoms with Crippen LogP contribution in [0.2, 0.25) is 0 Å². The predicted molar refractivity (Wildman–Crippen MR) is 124 cm³/mol. The van der Waals surface area contributed by atoms with E-state index in [2.05, 4.69) is 15.4 Å². The van der Waals surface area contributed by atoms with Crippen LogP contribution >= 0.6 is 0 Å². The number of carbonyl (C=O) groups is 1. The fourth-order valence-corrected chi connectivity index (χ4v) is 3.70. The second kappa shape index (κ2) is 9.00. The summed E-state index contributed by atoms with van der Waals surface area (Å²) in [5, 5.41) is 8.05. The number of carbonyl (C=O) groups excluding carboxylic acids is 1. The van der Waals surface area contributed by atoms with Crippen LogP contribution in [0.5, 0.6) is 0 Å². The molecule has 6 nitrogen and oxygen atoms in total. The highest BCUT2D eigenvalue weighted by Gasteiger charge is 2.18. The minimum Gasteiger partial charge on any atom is -0.348 e. The number of pyridine rings is 2. The Balaban J connectivity index is 1.55. The summed E-state index contributed by atoms with van der Waals surface area (Å²) in [6.07, 6.45) is 5.04. The van der Waals surface area contributed by atoms with Crippen LogP contribution in [0.25, 0.3) is 22.3 Å². The fraction of sp³-hybridized carbons (Fsp3) is 0.0769. The molecular formula is C26H20FN5O. The lowest BCUT2D eigenvalue weighted by Gasteiger charge is -2.10. The maximum absolute atomic E-state index is 13.7. The Morgan fingerprint density at radius 1 is 0.939 bits per heavy atom. The van der Waals surface area contributed by atoms with Gasteiger partial charge in [-0.3, -0.25) is 9.78 Å². The Labute approximate surface area is 189 Å². The maximum Gasteiger partial charge on any atom is 0.252 e. The van der Waals surface area contributed by atoms with E-state index in [-0.39, 0.29) is 11.7 Å². The molecule has 0 aliphatic heterocycles. The summed E-state index contributed by atoms with van der Waals surface area (Å²) in [6.45, 7) is 0.692. The summed E-state index contributed by atoms with van der Waals surface area (Å²) in [6, 6.07) is 21.5. The average Bonchev–Trinajstić information content (AvgIpc) is 3.25. The first-order valence-corrected chi connectivity index (χ1v) is 10.5. The summed E-state index contributed by atoms with van der Waals surface area (Å²) >= 11 is 0. The number of amides is 1. The molecule has 0 saturated carbocycles. The van der Waals surface area contributed by atoms with Crippen molar-refractivity contribution in [2.24, 2.45) is 0 Å². The molecule has 0 fully saturated rings. The summed E-state index contributed by atoms with van der Waals surface area (Å²) in [5.74, 6) is -0.536. The quantitative estimate of drug-likeness (QED) is 0.421. The van der Waals surface area contributed by atoms with Crippen molar-refractivity contribution >= 4 is 16.9 Å². The van der Waals surface area contributed by atoms with E-state index >= 15 is 0 Å². The zero-order chi connectivity index (χ0) is 22.6. The molecule has 0 spiro atoms. The first-order valence-electron chi connectivity index (χ1n) is 10.5. The van der Waals surface area contributed by atoms with Gasteiger partial charge in [-0.1, -0.05) is 48.5 Å². The van der Waals surface area contributed by atoms with Crippen molar-refractivity contribution in [3.8, 4) is 11.3 Å². The largest absolute Gasteiger partial charge is 0.348 e. The van der Waals surface area contributed by atoms with Gasteiger partial charge in [0.25, 0.3) is 5.91 Å². The van der Waals surface area contributed by atoms with Crippen LogP contribution in [-0.2, 0) is 13.1 Å². The molecular weight excluding hydrogens is 417 g/mol. The highest BCUT2D eigenvalue weighted by molar-refractivity contribution is 6.06. The van der Waals surface area contributed by atoms with Gasteiger partial charge in [0.05, 0.1) is 29.4 Å². The van der Waals surface area contributed by atoms with Crippen molar-refractivity contribution < 1.29 is 9.18 Å². The molecule has 162 valence electrons. The number of rotatable bonds is 6. The standard InChI is InChI=1S/C26H20FN5O/c27-21-10-4-6-18(12-21)17-32-25-23(16-30-32)22(13-24(31-25)20-8-2-1-3-9-20)26(33)29-15-19-7-5-11-28-14-19/h1-14,16H,15,17H2,(H,29,33). The number of nitrogens with zero attached hydrogens (tertiary/aromatic N) is 4. The Morgan fingerprint density at radius 2 is 1.79 bits per heavy atom. The van der Waals surface area contributed by atoms with Gasteiger partial charge in [0.2, 0.25) is 0 Å². The van der Waals surface area contributed by atoms with Gasteiger partial charge in [-0.2, -0.15) is 5.10 Å². The average molecular weight is 437 g/mol. The zero-order valence-electron chi connectivity index (χ0n) is 17.6. The molecule has 33 heavy (non-hydrogen) atoms. The number of hydrogen-bond donors (Lipinski definition) is 1. The predicted octanol–water partition coefficient (Wildman–Crippen LogP) is 4.61. The highest BCUT2D eigenvalue weighted by Crippen LogP contribution is 2.25. The van der Waals surface area contributed by atoms with Gasteiger partial charge in [-0.05, 0) is 35.4 Å². The Kier molecular flexibility index (Phi) is 5.59. The maximum atomic E-state index is 13.7. The zero-order valence-corrected chi connectivity index (χ0v) is 17.6. The Morgan fingerprint density at radius 3 is 2.58 bits per heavy atom. The molecule has 0 bridgehead atoms. The molecule has 5 aromatic rings. The normalized spacial score (nSPS) is 10.9. The third-order valence-corrected chi connectivity index (χ3v) is 5.32.